The summed E-state index contributed by atoms with van der Waals surface area (Å²) in [4.78, 5) is 2.02. The van der Waals surface area contributed by atoms with Gasteiger partial charge in [0.25, 0.3) is 0 Å². The van der Waals surface area contributed by atoms with Gasteiger partial charge in [0, 0.05) is 36.8 Å². The number of anilines is 1. The van der Waals surface area contributed by atoms with Crippen LogP contribution in [-0.2, 0) is 5.88 Å². The Bertz CT molecular complexity index is 570. The van der Waals surface area contributed by atoms with Crippen LogP contribution in [0.1, 0.15) is 5.56 Å². The van der Waals surface area contributed by atoms with Crippen molar-refractivity contribution >= 4 is 28.9 Å². The summed E-state index contributed by atoms with van der Waals surface area (Å²) >= 11 is 11.9. The molecule has 0 amide bonds. The lowest BCUT2D eigenvalue weighted by Gasteiger charge is -2.14. The monoisotopic (exact) mass is 295 g/mol. The van der Waals surface area contributed by atoms with Gasteiger partial charge in [0.2, 0.25) is 0 Å². The van der Waals surface area contributed by atoms with Crippen molar-refractivity contribution in [3.05, 3.63) is 53.1 Å². The average Bonchev–Trinajstić information content (AvgIpc) is 2.39. The third-order valence-electron chi connectivity index (χ3n) is 2.74. The molecule has 2 aromatic carbocycles. The smallest absolute Gasteiger partial charge is 0.129 e. The summed E-state index contributed by atoms with van der Waals surface area (Å²) in [5.74, 6) is 1.88. The first-order chi connectivity index (χ1) is 9.10. The average molecular weight is 296 g/mol. The fourth-order valence-corrected chi connectivity index (χ4v) is 2.20. The molecule has 0 N–H and O–H groups in total. The minimum absolute atomic E-state index is 0.398. The Morgan fingerprint density at radius 3 is 2.42 bits per heavy atom. The van der Waals surface area contributed by atoms with Crippen LogP contribution >= 0.6 is 23.2 Å². The van der Waals surface area contributed by atoms with Gasteiger partial charge in [-0.3, -0.25) is 0 Å². The lowest BCUT2D eigenvalue weighted by molar-refractivity contribution is 0.482. The Kier molecular flexibility index (Phi) is 4.56. The summed E-state index contributed by atoms with van der Waals surface area (Å²) in [6, 6.07) is 13.4. The van der Waals surface area contributed by atoms with Crippen LogP contribution in [-0.4, -0.2) is 14.1 Å². The van der Waals surface area contributed by atoms with E-state index in [4.69, 9.17) is 27.9 Å². The Morgan fingerprint density at radius 1 is 1.05 bits per heavy atom. The molecule has 0 saturated heterocycles. The quantitative estimate of drug-likeness (QED) is 0.741. The number of halogens is 2. The molecule has 0 aromatic heterocycles. The van der Waals surface area contributed by atoms with Crippen LogP contribution in [0.2, 0.25) is 5.02 Å². The van der Waals surface area contributed by atoms with Crippen molar-refractivity contribution in [3.63, 3.8) is 0 Å². The minimum atomic E-state index is 0.398. The van der Waals surface area contributed by atoms with Crippen molar-refractivity contribution in [2.45, 2.75) is 5.88 Å². The molecule has 0 aliphatic rings. The number of hydrogen-bond donors (Lipinski definition) is 0. The van der Waals surface area contributed by atoms with E-state index in [1.807, 2.05) is 55.4 Å². The summed E-state index contributed by atoms with van der Waals surface area (Å²) in [6.07, 6.45) is 0. The second kappa shape index (κ2) is 6.18. The molecule has 19 heavy (non-hydrogen) atoms. The van der Waals surface area contributed by atoms with E-state index >= 15 is 0 Å². The van der Waals surface area contributed by atoms with E-state index in [0.29, 0.717) is 16.7 Å². The Balaban J connectivity index is 2.21. The number of hydrogen-bond acceptors (Lipinski definition) is 2. The molecule has 0 unspecified atom stereocenters. The Labute approximate surface area is 123 Å². The van der Waals surface area contributed by atoms with Crippen LogP contribution < -0.4 is 9.64 Å². The predicted octanol–water partition coefficient (Wildman–Crippen LogP) is 4.94. The highest BCUT2D eigenvalue weighted by atomic mass is 35.5. The van der Waals surface area contributed by atoms with Gasteiger partial charge in [0.1, 0.15) is 11.5 Å². The zero-order valence-electron chi connectivity index (χ0n) is 10.9. The number of ether oxygens (including phenoxy) is 1. The molecule has 4 heteroatoms. The maximum Gasteiger partial charge on any atom is 0.129 e. The molecule has 0 fully saturated rings. The highest BCUT2D eigenvalue weighted by Crippen LogP contribution is 2.29. The SMILES string of the molecule is CN(C)c1cccc(Oc2ccc(CCl)c(Cl)c2)c1. The lowest BCUT2D eigenvalue weighted by atomic mass is 10.2. The van der Waals surface area contributed by atoms with Crippen LogP contribution in [0.4, 0.5) is 5.69 Å². The number of benzene rings is 2. The minimum Gasteiger partial charge on any atom is -0.457 e. The lowest BCUT2D eigenvalue weighted by Crippen LogP contribution is -2.08. The normalized spacial score (nSPS) is 10.3. The summed E-state index contributed by atoms with van der Waals surface area (Å²) in [5, 5.41) is 0.622. The van der Waals surface area contributed by atoms with Crippen molar-refractivity contribution in [1.29, 1.82) is 0 Å². The fourth-order valence-electron chi connectivity index (χ4n) is 1.66. The molecule has 0 aliphatic heterocycles. The first-order valence-corrected chi connectivity index (χ1v) is 6.81. The van der Waals surface area contributed by atoms with E-state index in [9.17, 15) is 0 Å². The van der Waals surface area contributed by atoms with Crippen molar-refractivity contribution in [3.8, 4) is 11.5 Å². The zero-order valence-corrected chi connectivity index (χ0v) is 12.4. The van der Waals surface area contributed by atoms with Crippen molar-refractivity contribution in [2.75, 3.05) is 19.0 Å². The van der Waals surface area contributed by atoms with Gasteiger partial charge in [0.15, 0.2) is 0 Å². The van der Waals surface area contributed by atoms with Crippen LogP contribution in [0.15, 0.2) is 42.5 Å². The molecular formula is C15H15Cl2NO. The Morgan fingerprint density at radius 2 is 1.79 bits per heavy atom. The van der Waals surface area contributed by atoms with Crippen LogP contribution in [0, 0.1) is 0 Å². The van der Waals surface area contributed by atoms with Gasteiger partial charge in [0.05, 0.1) is 0 Å². The maximum atomic E-state index is 6.10. The molecule has 0 spiro atoms. The molecule has 0 aliphatic carbocycles. The first kappa shape index (κ1) is 14.0. The van der Waals surface area contributed by atoms with Crippen molar-refractivity contribution < 1.29 is 4.74 Å². The fraction of sp³-hybridized carbons (Fsp3) is 0.200. The van der Waals surface area contributed by atoms with E-state index in [2.05, 4.69) is 0 Å². The molecule has 0 saturated carbocycles. The summed E-state index contributed by atoms with van der Waals surface area (Å²) < 4.78 is 5.80. The number of nitrogens with zero attached hydrogens (tertiary/aromatic N) is 1. The van der Waals surface area contributed by atoms with Crippen molar-refractivity contribution in [1.82, 2.24) is 0 Å². The molecule has 0 atom stereocenters. The molecule has 0 heterocycles. The van der Waals surface area contributed by atoms with Gasteiger partial charge < -0.3 is 9.64 Å². The van der Waals surface area contributed by atoms with E-state index in [1.54, 1.807) is 6.07 Å². The van der Waals surface area contributed by atoms with Gasteiger partial charge in [-0.05, 0) is 29.8 Å². The van der Waals surface area contributed by atoms with Crippen molar-refractivity contribution in [2.24, 2.45) is 0 Å². The largest absolute Gasteiger partial charge is 0.457 e. The van der Waals surface area contributed by atoms with Gasteiger partial charge >= 0.3 is 0 Å². The van der Waals surface area contributed by atoms with Crippen LogP contribution in [0.3, 0.4) is 0 Å². The number of alkyl halides is 1. The molecule has 2 rings (SSSR count). The molecule has 2 aromatic rings. The first-order valence-electron chi connectivity index (χ1n) is 5.90. The van der Waals surface area contributed by atoms with Gasteiger partial charge in [-0.25, -0.2) is 0 Å². The van der Waals surface area contributed by atoms with Crippen LogP contribution in [0.5, 0.6) is 11.5 Å². The summed E-state index contributed by atoms with van der Waals surface area (Å²) in [7, 11) is 3.98. The highest BCUT2D eigenvalue weighted by Gasteiger charge is 2.04. The standard InChI is InChI=1S/C15H15Cl2NO/c1-18(2)12-4-3-5-13(8-12)19-14-7-6-11(10-16)15(17)9-14/h3-9H,10H2,1-2H3. The van der Waals surface area contributed by atoms with Gasteiger partial charge in [-0.15, -0.1) is 11.6 Å². The topological polar surface area (TPSA) is 12.5 Å². The molecule has 2 nitrogen and oxygen atoms in total. The third-order valence-corrected chi connectivity index (χ3v) is 3.38. The van der Waals surface area contributed by atoms with E-state index < -0.39 is 0 Å². The summed E-state index contributed by atoms with van der Waals surface area (Å²) in [5.41, 5.74) is 1.98. The predicted molar refractivity (Wildman–Crippen MR) is 81.9 cm³/mol. The van der Waals surface area contributed by atoms with E-state index in [-0.39, 0.29) is 0 Å². The molecule has 100 valence electrons. The van der Waals surface area contributed by atoms with Gasteiger partial charge in [-0.1, -0.05) is 23.7 Å². The van der Waals surface area contributed by atoms with Crippen LogP contribution in [0.25, 0.3) is 0 Å². The zero-order chi connectivity index (χ0) is 13.8. The van der Waals surface area contributed by atoms with E-state index in [0.717, 1.165) is 17.0 Å². The molecular weight excluding hydrogens is 281 g/mol. The molecule has 0 radical (unpaired) electrons. The summed E-state index contributed by atoms with van der Waals surface area (Å²) in [6.45, 7) is 0. The van der Waals surface area contributed by atoms with Gasteiger partial charge in [-0.2, -0.15) is 0 Å². The Hall–Kier alpha value is -1.38. The second-order valence-electron chi connectivity index (χ2n) is 4.38. The highest BCUT2D eigenvalue weighted by molar-refractivity contribution is 6.32. The maximum absolute atomic E-state index is 6.10. The number of rotatable bonds is 4. The third kappa shape index (κ3) is 3.55. The second-order valence-corrected chi connectivity index (χ2v) is 5.06. The molecule has 0 bridgehead atoms. The van der Waals surface area contributed by atoms with E-state index in [1.165, 1.54) is 0 Å².